The predicted octanol–water partition coefficient (Wildman–Crippen LogP) is 21.2. The minimum absolute atomic E-state index is 0.0687. The molecule has 0 aromatic carbocycles. The second kappa shape index (κ2) is 60.3. The fourth-order valence-electron chi connectivity index (χ4n) is 9.74. The minimum atomic E-state index is -4.34. The van der Waals surface area contributed by atoms with Gasteiger partial charge in [-0.25, -0.2) is 4.57 Å². The van der Waals surface area contributed by atoms with Crippen molar-refractivity contribution in [3.05, 3.63) is 85.1 Å². The summed E-state index contributed by atoms with van der Waals surface area (Å²) in [6.45, 7) is 4.79. The molecule has 0 rings (SSSR count). The summed E-state index contributed by atoms with van der Waals surface area (Å²) < 4.78 is 23.9. The number of aliphatic hydroxyl groups is 1. The summed E-state index contributed by atoms with van der Waals surface area (Å²) >= 11 is 0. The number of quaternary nitrogens is 1. The average molecular weight is 1130 g/mol. The molecule has 0 aliphatic rings. The van der Waals surface area contributed by atoms with Crippen LogP contribution in [0.2, 0.25) is 0 Å². The topological polar surface area (TPSA) is 105 Å². The highest BCUT2D eigenvalue weighted by Crippen LogP contribution is 2.43. The number of hydrogen-bond donors (Lipinski definition) is 3. The Bertz CT molecular complexity index is 1560. The first-order chi connectivity index (χ1) is 38.5. The maximum Gasteiger partial charge on any atom is 0.472 e. The molecule has 79 heavy (non-hydrogen) atoms. The average Bonchev–Trinajstić information content (AvgIpc) is 3.42. The highest BCUT2D eigenvalue weighted by atomic mass is 31.2. The van der Waals surface area contributed by atoms with Gasteiger partial charge in [0.25, 0.3) is 0 Å². The van der Waals surface area contributed by atoms with Gasteiger partial charge in [0.05, 0.1) is 39.9 Å². The molecular weight excluding hydrogens is 996 g/mol. The first-order valence-corrected chi connectivity index (χ1v) is 34.9. The number of nitrogens with zero attached hydrogens (tertiary/aromatic N) is 1. The van der Waals surface area contributed by atoms with E-state index in [1.807, 2.05) is 21.1 Å². The number of phosphoric acid groups is 1. The molecule has 0 spiro atoms. The first-order valence-electron chi connectivity index (χ1n) is 33.5. The number of amides is 1. The van der Waals surface area contributed by atoms with Crippen molar-refractivity contribution in [2.45, 2.75) is 315 Å². The smallest absolute Gasteiger partial charge is 0.391 e. The van der Waals surface area contributed by atoms with Gasteiger partial charge in [0, 0.05) is 6.42 Å². The van der Waals surface area contributed by atoms with Crippen molar-refractivity contribution in [3.8, 4) is 0 Å². The molecule has 9 heteroatoms. The Morgan fingerprint density at radius 3 is 1.11 bits per heavy atom. The SMILES string of the molecule is CC/C=C\C/C=C\C/C=C\C/C=C\C/C=C\C/C=C\C/C=C\CCCCCCCCCC(=O)NC(COP(=O)(O)OCC[N+](C)(C)C)C(O)CCCCCCCCCCCCCCCCCCCCCCCCCCCCCC. The van der Waals surface area contributed by atoms with Gasteiger partial charge < -0.3 is 19.8 Å². The van der Waals surface area contributed by atoms with Crippen molar-refractivity contribution >= 4 is 13.7 Å². The van der Waals surface area contributed by atoms with Gasteiger partial charge in [-0.15, -0.1) is 0 Å². The fourth-order valence-corrected chi connectivity index (χ4v) is 10.5. The summed E-state index contributed by atoms with van der Waals surface area (Å²) in [6, 6.07) is -0.774. The van der Waals surface area contributed by atoms with Crippen LogP contribution in [0.4, 0.5) is 0 Å². The lowest BCUT2D eigenvalue weighted by Gasteiger charge is -2.26. The van der Waals surface area contributed by atoms with E-state index in [1.54, 1.807) is 0 Å². The molecule has 1 amide bonds. The van der Waals surface area contributed by atoms with Gasteiger partial charge in [-0.05, 0) is 70.6 Å². The van der Waals surface area contributed by atoms with Gasteiger partial charge in [0.15, 0.2) is 0 Å². The molecule has 0 bridgehead atoms. The zero-order valence-corrected chi connectivity index (χ0v) is 53.5. The van der Waals surface area contributed by atoms with Crippen LogP contribution in [0, 0.1) is 0 Å². The third-order valence-electron chi connectivity index (χ3n) is 14.9. The Kier molecular flexibility index (Phi) is 58.5. The predicted molar refractivity (Wildman–Crippen MR) is 346 cm³/mol. The van der Waals surface area contributed by atoms with Gasteiger partial charge in [-0.1, -0.05) is 311 Å². The molecule has 0 saturated carbocycles. The monoisotopic (exact) mass is 1130 g/mol. The van der Waals surface area contributed by atoms with Crippen molar-refractivity contribution in [3.63, 3.8) is 0 Å². The summed E-state index contributed by atoms with van der Waals surface area (Å²) in [5.41, 5.74) is 0. The lowest BCUT2D eigenvalue weighted by Crippen LogP contribution is -2.46. The first kappa shape index (κ1) is 76.7. The number of phosphoric ester groups is 1. The normalized spacial score (nSPS) is 14.3. The standard InChI is InChI=1S/C70H129N2O6P/c1-6-8-10-12-14-16-18-20-22-24-26-28-30-32-34-36-38-40-42-44-46-48-50-52-54-56-58-60-62-64-70(74)71-68(67-78-79(75,76)77-66-65-72(3,4)5)69(73)63-61-59-57-55-53-51-49-47-45-43-41-39-37-35-33-31-29-27-25-23-21-19-17-15-13-11-9-7-2/h8,10,14,16,20,22,26,28,32,34,38,40,44,46,68-69,73H,6-7,9,11-13,15,17-19,21,23-25,27,29-31,33,35-37,39,41-43,45,47-67H2,1-5H3,(H-,71,74,75,76)/p+1/b10-8-,16-14-,22-20-,28-26-,34-32-,40-38-,46-44-. The molecule has 3 atom stereocenters. The quantitative estimate of drug-likeness (QED) is 0.0243. The van der Waals surface area contributed by atoms with Crippen LogP contribution < -0.4 is 5.32 Å². The van der Waals surface area contributed by atoms with E-state index < -0.39 is 20.0 Å². The van der Waals surface area contributed by atoms with Crippen LogP contribution >= 0.6 is 7.82 Å². The fraction of sp³-hybridized carbons (Fsp3) is 0.786. The molecule has 3 unspecified atom stereocenters. The van der Waals surface area contributed by atoms with Crippen LogP contribution in [-0.4, -0.2) is 73.4 Å². The van der Waals surface area contributed by atoms with Crippen molar-refractivity contribution in [1.82, 2.24) is 5.32 Å². The van der Waals surface area contributed by atoms with Gasteiger partial charge >= 0.3 is 7.82 Å². The lowest BCUT2D eigenvalue weighted by atomic mass is 10.0. The van der Waals surface area contributed by atoms with Crippen molar-refractivity contribution in [1.29, 1.82) is 0 Å². The van der Waals surface area contributed by atoms with E-state index in [4.69, 9.17) is 9.05 Å². The minimum Gasteiger partial charge on any atom is -0.391 e. The number of allylic oxidation sites excluding steroid dienone is 14. The summed E-state index contributed by atoms with van der Waals surface area (Å²) in [4.78, 5) is 23.4. The Morgan fingerprint density at radius 1 is 0.443 bits per heavy atom. The largest absolute Gasteiger partial charge is 0.472 e. The molecule has 0 aliphatic heterocycles. The van der Waals surface area contributed by atoms with Gasteiger partial charge in [-0.2, -0.15) is 0 Å². The number of unbranched alkanes of at least 4 members (excludes halogenated alkanes) is 34. The van der Waals surface area contributed by atoms with Gasteiger partial charge in [0.1, 0.15) is 13.2 Å². The van der Waals surface area contributed by atoms with Crippen molar-refractivity contribution in [2.24, 2.45) is 0 Å². The van der Waals surface area contributed by atoms with Gasteiger partial charge in [-0.3, -0.25) is 13.8 Å². The molecule has 460 valence electrons. The second-order valence-electron chi connectivity index (χ2n) is 23.8. The van der Waals surface area contributed by atoms with Crippen LogP contribution in [0.25, 0.3) is 0 Å². The summed E-state index contributed by atoms with van der Waals surface area (Å²) in [6.07, 6.45) is 85.2. The number of aliphatic hydroxyl groups excluding tert-OH is 1. The highest BCUT2D eigenvalue weighted by Gasteiger charge is 2.28. The molecule has 0 fully saturated rings. The van der Waals surface area contributed by atoms with E-state index in [2.05, 4.69) is 104 Å². The van der Waals surface area contributed by atoms with Crippen LogP contribution in [0.15, 0.2) is 85.1 Å². The zero-order valence-electron chi connectivity index (χ0n) is 52.6. The number of carbonyl (C=O) groups is 1. The molecule has 0 saturated heterocycles. The number of likely N-dealkylation sites (N-methyl/N-ethyl adjacent to an activating group) is 1. The molecule has 3 N–H and O–H groups in total. The van der Waals surface area contributed by atoms with Crippen molar-refractivity contribution in [2.75, 3.05) is 40.9 Å². The lowest BCUT2D eigenvalue weighted by molar-refractivity contribution is -0.870. The Balaban J connectivity index is 4.13. The maximum atomic E-state index is 13.1. The van der Waals surface area contributed by atoms with Crippen LogP contribution in [0.3, 0.4) is 0 Å². The summed E-state index contributed by atoms with van der Waals surface area (Å²) in [5.74, 6) is -0.155. The van der Waals surface area contributed by atoms with E-state index in [9.17, 15) is 19.4 Å². The van der Waals surface area contributed by atoms with Crippen LogP contribution in [0.1, 0.15) is 303 Å². The molecule has 0 aromatic rings. The number of rotatable bonds is 61. The summed E-state index contributed by atoms with van der Waals surface area (Å²) in [7, 11) is 1.60. The number of nitrogens with one attached hydrogen (secondary N) is 1. The van der Waals surface area contributed by atoms with Gasteiger partial charge in [0.2, 0.25) is 5.91 Å². The molecule has 0 aliphatic carbocycles. The summed E-state index contributed by atoms with van der Waals surface area (Å²) in [5, 5.41) is 14.1. The molecule has 0 radical (unpaired) electrons. The molecule has 0 aromatic heterocycles. The number of carbonyl (C=O) groups excluding carboxylic acids is 1. The second-order valence-corrected chi connectivity index (χ2v) is 25.3. The van der Waals surface area contributed by atoms with E-state index in [0.717, 1.165) is 89.9 Å². The molecule has 0 heterocycles. The van der Waals surface area contributed by atoms with E-state index in [-0.39, 0.29) is 19.1 Å². The molecule has 8 nitrogen and oxygen atoms in total. The highest BCUT2D eigenvalue weighted by molar-refractivity contribution is 7.47. The Hall–Kier alpha value is -2.32. The third-order valence-corrected chi connectivity index (χ3v) is 15.9. The number of hydrogen-bond acceptors (Lipinski definition) is 5. The van der Waals surface area contributed by atoms with Crippen molar-refractivity contribution < 1.29 is 32.9 Å². The van der Waals surface area contributed by atoms with Crippen LogP contribution in [0.5, 0.6) is 0 Å². The van der Waals surface area contributed by atoms with E-state index in [0.29, 0.717) is 23.9 Å². The Morgan fingerprint density at radius 2 is 0.759 bits per heavy atom. The Labute approximate surface area is 490 Å². The van der Waals surface area contributed by atoms with Crippen LogP contribution in [-0.2, 0) is 18.4 Å². The third kappa shape index (κ3) is 63.1. The van der Waals surface area contributed by atoms with E-state index >= 15 is 0 Å². The maximum absolute atomic E-state index is 13.1. The zero-order chi connectivity index (χ0) is 57.7. The van der Waals surface area contributed by atoms with E-state index in [1.165, 1.54) is 186 Å². The molecular formula is C70H130N2O6P+.